The van der Waals surface area contributed by atoms with Crippen LogP contribution in [0.15, 0.2) is 18.2 Å². The number of carbonyl (C=O) groups excluding carboxylic acids is 1. The van der Waals surface area contributed by atoms with Gasteiger partial charge in [-0.1, -0.05) is 6.92 Å². The van der Waals surface area contributed by atoms with Gasteiger partial charge in [0.25, 0.3) is 0 Å². The molecule has 0 atom stereocenters. The van der Waals surface area contributed by atoms with Crippen LogP contribution < -0.4 is 5.32 Å². The monoisotopic (exact) mass is 276 g/mol. The number of anilines is 1. The number of ether oxygens (including phenoxy) is 1. The van der Waals surface area contributed by atoms with E-state index >= 15 is 0 Å². The highest BCUT2D eigenvalue weighted by molar-refractivity contribution is 5.90. The summed E-state index contributed by atoms with van der Waals surface area (Å²) in [7, 11) is 1.41. The maximum atomic E-state index is 11.5. The van der Waals surface area contributed by atoms with E-state index in [9.17, 15) is 4.79 Å². The molecular weight excluding hydrogens is 252 g/mol. The van der Waals surface area contributed by atoms with Gasteiger partial charge in [0.2, 0.25) is 0 Å². The van der Waals surface area contributed by atoms with Crippen LogP contribution in [0.1, 0.15) is 35.7 Å². The van der Waals surface area contributed by atoms with Crippen molar-refractivity contribution in [3.63, 3.8) is 0 Å². The van der Waals surface area contributed by atoms with Gasteiger partial charge in [0.1, 0.15) is 0 Å². The second kappa shape index (κ2) is 6.75. The van der Waals surface area contributed by atoms with Crippen molar-refractivity contribution in [2.45, 2.75) is 32.7 Å². The van der Waals surface area contributed by atoms with Gasteiger partial charge in [-0.15, -0.1) is 0 Å². The number of nitrogens with zero attached hydrogens (tertiary/aromatic N) is 1. The van der Waals surface area contributed by atoms with Gasteiger partial charge in [-0.25, -0.2) is 4.79 Å². The quantitative estimate of drug-likeness (QED) is 0.859. The third-order valence-electron chi connectivity index (χ3n) is 4.04. The van der Waals surface area contributed by atoms with Crippen LogP contribution in [-0.4, -0.2) is 43.7 Å². The van der Waals surface area contributed by atoms with Gasteiger partial charge in [0.05, 0.1) is 12.7 Å². The number of benzene rings is 1. The molecule has 0 aliphatic carbocycles. The number of esters is 1. The Bertz CT molecular complexity index is 466. The average molecular weight is 276 g/mol. The van der Waals surface area contributed by atoms with Crippen molar-refractivity contribution in [2.75, 3.05) is 32.1 Å². The highest BCUT2D eigenvalue weighted by atomic mass is 16.5. The minimum atomic E-state index is -0.282. The van der Waals surface area contributed by atoms with Crippen molar-refractivity contribution < 1.29 is 9.53 Å². The first-order valence-electron chi connectivity index (χ1n) is 7.32. The first kappa shape index (κ1) is 14.9. The number of carbonyl (C=O) groups is 1. The molecule has 1 aromatic rings. The fourth-order valence-corrected chi connectivity index (χ4v) is 2.68. The molecule has 0 amide bonds. The lowest BCUT2D eigenvalue weighted by Crippen LogP contribution is -2.38. The molecule has 2 rings (SSSR count). The SMILES string of the molecule is CCN1CCC(Nc2ccc(C(=O)OC)cc2C)CC1. The summed E-state index contributed by atoms with van der Waals surface area (Å²) < 4.78 is 4.74. The predicted molar refractivity (Wildman–Crippen MR) is 81.3 cm³/mol. The van der Waals surface area contributed by atoms with Gasteiger partial charge in [-0.05, 0) is 50.1 Å². The Morgan fingerprint density at radius 2 is 2.10 bits per heavy atom. The van der Waals surface area contributed by atoms with Gasteiger partial charge >= 0.3 is 5.97 Å². The third kappa shape index (κ3) is 3.51. The van der Waals surface area contributed by atoms with Crippen molar-refractivity contribution in [2.24, 2.45) is 0 Å². The fraction of sp³-hybridized carbons (Fsp3) is 0.562. The summed E-state index contributed by atoms with van der Waals surface area (Å²) in [5.74, 6) is -0.282. The molecule has 1 aliphatic heterocycles. The number of hydrogen-bond acceptors (Lipinski definition) is 4. The number of rotatable bonds is 4. The van der Waals surface area contributed by atoms with E-state index in [1.807, 2.05) is 25.1 Å². The zero-order valence-electron chi connectivity index (χ0n) is 12.6. The van der Waals surface area contributed by atoms with Crippen LogP contribution in [0, 0.1) is 6.92 Å². The molecule has 1 aromatic carbocycles. The highest BCUT2D eigenvalue weighted by Crippen LogP contribution is 2.21. The number of nitrogens with one attached hydrogen (secondary N) is 1. The molecule has 1 saturated heterocycles. The Balaban J connectivity index is 1.98. The summed E-state index contributed by atoms with van der Waals surface area (Å²) in [5, 5.41) is 3.60. The molecule has 1 heterocycles. The maximum absolute atomic E-state index is 11.5. The lowest BCUT2D eigenvalue weighted by molar-refractivity contribution is 0.0600. The van der Waals surface area contributed by atoms with E-state index in [1.54, 1.807) is 0 Å². The standard InChI is InChI=1S/C16H24N2O2/c1-4-18-9-7-14(8-10-18)17-15-6-5-13(11-12(15)2)16(19)20-3/h5-6,11,14,17H,4,7-10H2,1-3H3. The van der Waals surface area contributed by atoms with Crippen LogP contribution in [0.3, 0.4) is 0 Å². The van der Waals surface area contributed by atoms with Crippen LogP contribution in [0.5, 0.6) is 0 Å². The van der Waals surface area contributed by atoms with E-state index in [1.165, 1.54) is 20.0 Å². The number of piperidine rings is 1. The van der Waals surface area contributed by atoms with Crippen LogP contribution in [0.25, 0.3) is 0 Å². The van der Waals surface area contributed by atoms with Crippen LogP contribution in [-0.2, 0) is 4.74 Å². The first-order chi connectivity index (χ1) is 9.63. The summed E-state index contributed by atoms with van der Waals surface area (Å²) >= 11 is 0. The molecule has 110 valence electrons. The molecule has 20 heavy (non-hydrogen) atoms. The molecule has 1 N–H and O–H groups in total. The summed E-state index contributed by atoms with van der Waals surface area (Å²) in [6.45, 7) is 7.69. The van der Waals surface area contributed by atoms with Crippen molar-refractivity contribution >= 4 is 11.7 Å². The second-order valence-corrected chi connectivity index (χ2v) is 5.37. The van der Waals surface area contributed by atoms with Crippen molar-refractivity contribution in [1.82, 2.24) is 4.90 Å². The van der Waals surface area contributed by atoms with E-state index in [0.29, 0.717) is 11.6 Å². The summed E-state index contributed by atoms with van der Waals surface area (Å²) in [5.41, 5.74) is 2.81. The van der Waals surface area contributed by atoms with E-state index in [0.717, 1.165) is 30.9 Å². The zero-order valence-corrected chi connectivity index (χ0v) is 12.6. The van der Waals surface area contributed by atoms with Crippen LogP contribution in [0.4, 0.5) is 5.69 Å². The molecule has 0 radical (unpaired) electrons. The van der Waals surface area contributed by atoms with E-state index < -0.39 is 0 Å². The predicted octanol–water partition coefficient (Wildman–Crippen LogP) is 2.68. The minimum absolute atomic E-state index is 0.282. The minimum Gasteiger partial charge on any atom is -0.465 e. The zero-order chi connectivity index (χ0) is 14.5. The summed E-state index contributed by atoms with van der Waals surface area (Å²) in [6, 6.07) is 6.21. The Morgan fingerprint density at radius 1 is 1.40 bits per heavy atom. The van der Waals surface area contributed by atoms with E-state index in [-0.39, 0.29) is 5.97 Å². The van der Waals surface area contributed by atoms with Crippen LogP contribution >= 0.6 is 0 Å². The Kier molecular flexibility index (Phi) is 5.01. The fourth-order valence-electron chi connectivity index (χ4n) is 2.68. The highest BCUT2D eigenvalue weighted by Gasteiger charge is 2.18. The third-order valence-corrected chi connectivity index (χ3v) is 4.04. The van der Waals surface area contributed by atoms with Crippen molar-refractivity contribution in [3.8, 4) is 0 Å². The molecule has 0 aromatic heterocycles. The number of aryl methyl sites for hydroxylation is 1. The molecule has 1 aliphatic rings. The summed E-state index contributed by atoms with van der Waals surface area (Å²) in [4.78, 5) is 14.0. The largest absolute Gasteiger partial charge is 0.465 e. The smallest absolute Gasteiger partial charge is 0.337 e. The average Bonchev–Trinajstić information content (AvgIpc) is 2.49. The van der Waals surface area contributed by atoms with Gasteiger partial charge < -0.3 is 15.0 Å². The van der Waals surface area contributed by atoms with Crippen molar-refractivity contribution in [1.29, 1.82) is 0 Å². The number of likely N-dealkylation sites (tertiary alicyclic amines) is 1. The van der Waals surface area contributed by atoms with E-state index in [2.05, 4.69) is 17.1 Å². The number of methoxy groups -OCH3 is 1. The molecule has 4 heteroatoms. The van der Waals surface area contributed by atoms with E-state index in [4.69, 9.17) is 4.74 Å². The first-order valence-corrected chi connectivity index (χ1v) is 7.32. The normalized spacial score (nSPS) is 16.9. The van der Waals surface area contributed by atoms with Gasteiger partial charge in [0, 0.05) is 24.8 Å². The second-order valence-electron chi connectivity index (χ2n) is 5.37. The Labute approximate surface area is 121 Å². The topological polar surface area (TPSA) is 41.6 Å². The molecule has 0 saturated carbocycles. The molecule has 0 spiro atoms. The van der Waals surface area contributed by atoms with Crippen LogP contribution in [0.2, 0.25) is 0 Å². The van der Waals surface area contributed by atoms with Gasteiger partial charge in [0.15, 0.2) is 0 Å². The lowest BCUT2D eigenvalue weighted by Gasteiger charge is -2.32. The van der Waals surface area contributed by atoms with Gasteiger partial charge in [-0.2, -0.15) is 0 Å². The maximum Gasteiger partial charge on any atom is 0.337 e. The Morgan fingerprint density at radius 3 is 2.65 bits per heavy atom. The lowest BCUT2D eigenvalue weighted by atomic mass is 10.0. The molecule has 4 nitrogen and oxygen atoms in total. The van der Waals surface area contributed by atoms with Gasteiger partial charge in [-0.3, -0.25) is 0 Å². The summed E-state index contributed by atoms with van der Waals surface area (Å²) in [6.07, 6.45) is 2.35. The molecule has 1 fully saturated rings. The molecular formula is C16H24N2O2. The Hall–Kier alpha value is -1.55. The molecule has 0 unspecified atom stereocenters. The number of hydrogen-bond donors (Lipinski definition) is 1. The molecule has 0 bridgehead atoms. The van der Waals surface area contributed by atoms with Crippen molar-refractivity contribution in [3.05, 3.63) is 29.3 Å².